The number of rotatable bonds is 9. The Hall–Kier alpha value is -1.06. The van der Waals surface area contributed by atoms with Crippen molar-refractivity contribution in [2.45, 2.75) is 19.6 Å². The first-order chi connectivity index (χ1) is 10.7. The van der Waals surface area contributed by atoms with Gasteiger partial charge in [0, 0.05) is 32.3 Å². The van der Waals surface area contributed by atoms with Crippen LogP contribution in [0.2, 0.25) is 0 Å². The van der Waals surface area contributed by atoms with Gasteiger partial charge >= 0.3 is 0 Å². The third-order valence-electron chi connectivity index (χ3n) is 3.01. The molecule has 7 heteroatoms. The van der Waals surface area contributed by atoms with Crippen LogP contribution in [0.5, 0.6) is 5.75 Å². The minimum absolute atomic E-state index is 0. The number of aliphatic imine (C=N–C) groups is 1. The van der Waals surface area contributed by atoms with Gasteiger partial charge in [0.2, 0.25) is 0 Å². The largest absolute Gasteiger partial charge is 0.496 e. The quantitative estimate of drug-likeness (QED) is 0.268. The highest BCUT2D eigenvalue weighted by molar-refractivity contribution is 14.0. The summed E-state index contributed by atoms with van der Waals surface area (Å²) >= 11 is 0. The zero-order valence-electron chi connectivity index (χ0n) is 14.3. The van der Waals surface area contributed by atoms with E-state index in [0.717, 1.165) is 17.3 Å². The predicted molar refractivity (Wildman–Crippen MR) is 104 cm³/mol. The zero-order chi connectivity index (χ0) is 16.2. The molecule has 23 heavy (non-hydrogen) atoms. The Morgan fingerprint density at radius 1 is 1.26 bits per heavy atom. The van der Waals surface area contributed by atoms with Crippen molar-refractivity contribution < 1.29 is 14.2 Å². The third kappa shape index (κ3) is 8.97. The number of guanidine groups is 1. The summed E-state index contributed by atoms with van der Waals surface area (Å²) < 4.78 is 16.0. The first-order valence-electron chi connectivity index (χ1n) is 7.37. The third-order valence-corrected chi connectivity index (χ3v) is 3.01. The Balaban J connectivity index is 0.00000484. The molecule has 0 saturated carbocycles. The lowest BCUT2D eigenvalue weighted by Gasteiger charge is -2.17. The molecule has 1 aromatic carbocycles. The molecule has 6 nitrogen and oxygen atoms in total. The summed E-state index contributed by atoms with van der Waals surface area (Å²) in [6.07, 6.45) is 0. The topological polar surface area (TPSA) is 64.1 Å². The summed E-state index contributed by atoms with van der Waals surface area (Å²) in [5, 5.41) is 6.43. The molecular weight excluding hydrogens is 409 g/mol. The highest BCUT2D eigenvalue weighted by atomic mass is 127. The van der Waals surface area contributed by atoms with Crippen LogP contribution in [0.15, 0.2) is 29.3 Å². The molecule has 1 rings (SSSR count). The van der Waals surface area contributed by atoms with E-state index in [1.807, 2.05) is 31.2 Å². The van der Waals surface area contributed by atoms with E-state index in [1.165, 1.54) is 0 Å². The van der Waals surface area contributed by atoms with Gasteiger partial charge in [-0.25, -0.2) is 0 Å². The molecule has 0 aliphatic rings. The fourth-order valence-corrected chi connectivity index (χ4v) is 1.97. The molecule has 1 atom stereocenters. The number of nitrogens with zero attached hydrogens (tertiary/aromatic N) is 1. The van der Waals surface area contributed by atoms with Gasteiger partial charge in [0.05, 0.1) is 26.9 Å². The van der Waals surface area contributed by atoms with Gasteiger partial charge in [-0.2, -0.15) is 0 Å². The van der Waals surface area contributed by atoms with Gasteiger partial charge in [0.15, 0.2) is 5.96 Å². The van der Waals surface area contributed by atoms with E-state index in [2.05, 4.69) is 15.6 Å². The summed E-state index contributed by atoms with van der Waals surface area (Å²) in [6, 6.07) is 8.05. The van der Waals surface area contributed by atoms with Crippen LogP contribution in [-0.4, -0.2) is 53.0 Å². The van der Waals surface area contributed by atoms with Crippen molar-refractivity contribution in [3.05, 3.63) is 29.8 Å². The summed E-state index contributed by atoms with van der Waals surface area (Å²) in [6.45, 7) is 4.45. The molecule has 0 amide bonds. The van der Waals surface area contributed by atoms with Crippen LogP contribution in [-0.2, 0) is 16.1 Å². The van der Waals surface area contributed by atoms with Gasteiger partial charge in [-0.1, -0.05) is 18.2 Å². The Labute approximate surface area is 156 Å². The fourth-order valence-electron chi connectivity index (χ4n) is 1.97. The van der Waals surface area contributed by atoms with Crippen LogP contribution in [0.1, 0.15) is 12.5 Å². The molecule has 1 aromatic rings. The number of para-hydroxylation sites is 1. The van der Waals surface area contributed by atoms with Crippen molar-refractivity contribution in [1.82, 2.24) is 10.6 Å². The number of benzene rings is 1. The monoisotopic (exact) mass is 437 g/mol. The fraction of sp³-hybridized carbons (Fsp3) is 0.562. The summed E-state index contributed by atoms with van der Waals surface area (Å²) in [7, 11) is 5.09. The maximum Gasteiger partial charge on any atom is 0.191 e. The van der Waals surface area contributed by atoms with Gasteiger partial charge < -0.3 is 24.8 Å². The normalized spacial score (nSPS) is 12.3. The number of ether oxygens (including phenoxy) is 3. The van der Waals surface area contributed by atoms with Crippen LogP contribution < -0.4 is 15.4 Å². The maximum atomic E-state index is 5.66. The molecule has 1 unspecified atom stereocenters. The van der Waals surface area contributed by atoms with Gasteiger partial charge in [-0.3, -0.25) is 4.99 Å². The molecule has 0 saturated heterocycles. The standard InChI is InChI=1S/C16H27N3O3.HI/c1-13(11-20-3)19-16(17-2)18-9-10-22-12-14-7-5-6-8-15(14)21-4;/h5-8,13H,9-12H2,1-4H3,(H2,17,18,19);1H. The van der Waals surface area contributed by atoms with Crippen LogP contribution in [0.25, 0.3) is 0 Å². The van der Waals surface area contributed by atoms with Gasteiger partial charge in [0.1, 0.15) is 5.75 Å². The summed E-state index contributed by atoms with van der Waals surface area (Å²) in [5.74, 6) is 1.59. The molecule has 0 fully saturated rings. The maximum absolute atomic E-state index is 5.66. The Kier molecular flexibility index (Phi) is 12.8. The Morgan fingerprint density at radius 2 is 2.00 bits per heavy atom. The van der Waals surface area contributed by atoms with Crippen LogP contribution in [0, 0.1) is 0 Å². The lowest BCUT2D eigenvalue weighted by molar-refractivity contribution is 0.123. The number of halogens is 1. The SMILES string of the molecule is CN=C(NCCOCc1ccccc1OC)NC(C)COC.I. The van der Waals surface area contributed by atoms with E-state index in [0.29, 0.717) is 26.4 Å². The number of hydrogen-bond donors (Lipinski definition) is 2. The van der Waals surface area contributed by atoms with Gasteiger partial charge in [0.25, 0.3) is 0 Å². The van der Waals surface area contributed by atoms with E-state index in [-0.39, 0.29) is 30.0 Å². The van der Waals surface area contributed by atoms with E-state index in [4.69, 9.17) is 14.2 Å². The average molecular weight is 437 g/mol. The number of hydrogen-bond acceptors (Lipinski definition) is 4. The lowest BCUT2D eigenvalue weighted by atomic mass is 10.2. The van der Waals surface area contributed by atoms with E-state index in [9.17, 15) is 0 Å². The molecule has 0 spiro atoms. The van der Waals surface area contributed by atoms with Gasteiger partial charge in [-0.05, 0) is 13.0 Å². The second-order valence-electron chi connectivity index (χ2n) is 4.86. The van der Waals surface area contributed by atoms with Crippen molar-refractivity contribution in [1.29, 1.82) is 0 Å². The lowest BCUT2D eigenvalue weighted by Crippen LogP contribution is -2.44. The predicted octanol–water partition coefficient (Wildman–Crippen LogP) is 2.03. The minimum atomic E-state index is 0. The second-order valence-corrected chi connectivity index (χ2v) is 4.86. The van der Waals surface area contributed by atoms with E-state index in [1.54, 1.807) is 21.3 Å². The van der Waals surface area contributed by atoms with Crippen LogP contribution in [0.3, 0.4) is 0 Å². The molecule has 0 radical (unpaired) electrons. The van der Waals surface area contributed by atoms with E-state index >= 15 is 0 Å². The molecule has 0 bridgehead atoms. The zero-order valence-corrected chi connectivity index (χ0v) is 16.6. The minimum Gasteiger partial charge on any atom is -0.496 e. The Morgan fingerprint density at radius 3 is 2.65 bits per heavy atom. The van der Waals surface area contributed by atoms with Crippen molar-refractivity contribution in [2.24, 2.45) is 4.99 Å². The molecule has 2 N–H and O–H groups in total. The smallest absolute Gasteiger partial charge is 0.191 e. The first kappa shape index (κ1) is 21.9. The second kappa shape index (κ2) is 13.4. The van der Waals surface area contributed by atoms with Gasteiger partial charge in [-0.15, -0.1) is 24.0 Å². The Bertz CT molecular complexity index is 458. The number of methoxy groups -OCH3 is 2. The molecule has 132 valence electrons. The molecular formula is C16H28IN3O3. The van der Waals surface area contributed by atoms with Crippen molar-refractivity contribution in [3.8, 4) is 5.75 Å². The van der Waals surface area contributed by atoms with Crippen molar-refractivity contribution in [2.75, 3.05) is 41.0 Å². The molecule has 0 aliphatic heterocycles. The number of nitrogens with one attached hydrogen (secondary N) is 2. The first-order valence-corrected chi connectivity index (χ1v) is 7.37. The van der Waals surface area contributed by atoms with Crippen molar-refractivity contribution in [3.63, 3.8) is 0 Å². The molecule has 0 aliphatic carbocycles. The highest BCUT2D eigenvalue weighted by Crippen LogP contribution is 2.17. The average Bonchev–Trinajstić information content (AvgIpc) is 2.54. The molecule has 0 heterocycles. The van der Waals surface area contributed by atoms with E-state index < -0.39 is 0 Å². The highest BCUT2D eigenvalue weighted by Gasteiger charge is 2.04. The van der Waals surface area contributed by atoms with Crippen LogP contribution >= 0.6 is 24.0 Å². The summed E-state index contributed by atoms with van der Waals surface area (Å²) in [5.41, 5.74) is 1.04. The summed E-state index contributed by atoms with van der Waals surface area (Å²) in [4.78, 5) is 4.16. The van der Waals surface area contributed by atoms with Crippen LogP contribution in [0.4, 0.5) is 0 Å². The molecule has 0 aromatic heterocycles. The van der Waals surface area contributed by atoms with Crippen molar-refractivity contribution >= 4 is 29.9 Å².